The van der Waals surface area contributed by atoms with Crippen LogP contribution in [0.1, 0.15) is 114 Å². The fraction of sp³-hybridized carbons (Fsp3) is 0.724. The summed E-state index contributed by atoms with van der Waals surface area (Å²) < 4.78 is 72.0. The van der Waals surface area contributed by atoms with Crippen molar-refractivity contribution in [1.29, 1.82) is 0 Å². The van der Waals surface area contributed by atoms with Gasteiger partial charge in [-0.15, -0.1) is 0 Å². The number of nitrogens with zero attached hydrogens (tertiary/aromatic N) is 1. The number of fused-ring (bicyclic) bond motifs is 1. The Kier molecular flexibility index (Phi) is 17.2. The van der Waals surface area contributed by atoms with Gasteiger partial charge in [-0.2, -0.15) is 0 Å². The van der Waals surface area contributed by atoms with Crippen molar-refractivity contribution in [2.24, 2.45) is 10.1 Å². The molecule has 0 amide bonds. The van der Waals surface area contributed by atoms with Gasteiger partial charge in [0.25, 0.3) is 0 Å². The predicted octanol–water partition coefficient (Wildman–Crippen LogP) is 11.4. The third kappa shape index (κ3) is 10.0. The van der Waals surface area contributed by atoms with Crippen LogP contribution < -0.4 is 15.0 Å². The van der Waals surface area contributed by atoms with Gasteiger partial charge in [0.05, 0.1) is 0 Å². The summed E-state index contributed by atoms with van der Waals surface area (Å²) in [5.41, 5.74) is 1.59. The molecular weight excluding hydrogens is 881 g/mol. The van der Waals surface area contributed by atoms with Crippen LogP contribution in [0.2, 0.25) is 0 Å². The van der Waals surface area contributed by atoms with Crippen molar-refractivity contribution < 1.29 is 37.0 Å². The number of hydrogen-bond donors (Lipinski definition) is 0. The molecule has 1 aromatic rings. The van der Waals surface area contributed by atoms with E-state index in [4.69, 9.17) is 30.9 Å². The van der Waals surface area contributed by atoms with E-state index in [0.29, 0.717) is 12.8 Å². The molecule has 1 saturated carbocycles. The standard InChI is InChI=1S/C14H11F5.C12H27INPS.C2H6.CH3Cl3I/c1-2-6-5-3-7(6)8(4-5)9-10(15)12(17)14(19)13(18)11(9)16;1-10(2,3)15(14-16-13,11(4,5)6)12(7,8)9;1-2;1-5(2,3)4/h7-8H,2-4H2,1H3;1-9H3;1-2H3;1H3/q;;;-1/t7-,8?;;;/m0.../s1. The van der Waals surface area contributed by atoms with E-state index in [-0.39, 0.29) is 21.4 Å². The second-order valence-electron chi connectivity index (χ2n) is 13.0. The second-order valence-corrected chi connectivity index (χ2v) is 38.1. The van der Waals surface area contributed by atoms with Crippen LogP contribution in [0.3, 0.4) is 0 Å². The third-order valence-electron chi connectivity index (χ3n) is 7.38. The van der Waals surface area contributed by atoms with E-state index in [2.05, 4.69) is 83.5 Å². The summed E-state index contributed by atoms with van der Waals surface area (Å²) in [4.78, 5) is 1.66. The van der Waals surface area contributed by atoms with Gasteiger partial charge in [0.1, 0.15) is 0 Å². The van der Waals surface area contributed by atoms with Gasteiger partial charge in [-0.1, -0.05) is 94.2 Å². The summed E-state index contributed by atoms with van der Waals surface area (Å²) in [6.45, 7) is 27.1. The number of hydrogen-bond acceptors (Lipinski definition) is 2. The molecule has 0 saturated heterocycles. The van der Waals surface area contributed by atoms with E-state index in [1.165, 1.54) is 0 Å². The fourth-order valence-electron chi connectivity index (χ4n) is 6.85. The molecule has 250 valence electrons. The summed E-state index contributed by atoms with van der Waals surface area (Å²) in [6.07, 6.45) is 1.89. The van der Waals surface area contributed by atoms with Gasteiger partial charge in [0.2, 0.25) is 5.82 Å². The first-order valence-corrected chi connectivity index (χ1v) is 29.1. The first-order valence-electron chi connectivity index (χ1n) is 13.7. The molecule has 0 radical (unpaired) electrons. The quantitative estimate of drug-likeness (QED) is 0.0430. The van der Waals surface area contributed by atoms with Gasteiger partial charge in [0, 0.05) is 48.9 Å². The van der Waals surface area contributed by atoms with Crippen molar-refractivity contribution >= 4 is 64.1 Å². The Morgan fingerprint density at radius 2 is 1.07 bits per heavy atom. The fourth-order valence-corrected chi connectivity index (χ4v) is 18.6. The summed E-state index contributed by atoms with van der Waals surface area (Å²) in [7, 11) is 15.9. The number of alkyl halides is 1. The Hall–Kier alpha value is 1.52. The van der Waals surface area contributed by atoms with Gasteiger partial charge in [-0.3, -0.25) is 0 Å². The summed E-state index contributed by atoms with van der Waals surface area (Å²) in [5, 5.41) is 0.755. The molecule has 3 aliphatic carbocycles. The van der Waals surface area contributed by atoms with E-state index in [1.54, 1.807) is 14.0 Å². The average Bonchev–Trinajstić information content (AvgIpc) is 3.38. The van der Waals surface area contributed by atoms with E-state index < -0.39 is 62.7 Å². The number of allylic oxidation sites excluding steroid dienone is 2. The molecule has 0 aromatic heterocycles. The van der Waals surface area contributed by atoms with Gasteiger partial charge in [-0.25, -0.2) is 26.1 Å². The van der Waals surface area contributed by atoms with E-state index in [1.807, 2.05) is 20.8 Å². The Morgan fingerprint density at radius 3 is 1.31 bits per heavy atom. The summed E-state index contributed by atoms with van der Waals surface area (Å²) in [5.74, 6) is -9.80. The zero-order valence-corrected chi connectivity index (χ0v) is 35.2. The molecule has 42 heavy (non-hydrogen) atoms. The van der Waals surface area contributed by atoms with Gasteiger partial charge >= 0.3 is 46.7 Å². The minimum atomic E-state index is -2.52. The minimum absolute atomic E-state index is 0.0618. The SMILES string of the molecule is CC.CC(C)(C)P(=NSI)(C(C)(C)C)C(C)(C)C.CCC1=C2CC(c3c(F)c(F)c(F)c(F)c3F)[C@H]1C2.C[I-](Cl)(Cl)Cl. The Bertz CT molecular complexity index is 1090. The molecule has 13 heteroatoms. The van der Waals surface area contributed by atoms with Crippen molar-refractivity contribution in [1.82, 2.24) is 0 Å². The average molecular weight is 928 g/mol. The molecule has 0 heterocycles. The predicted molar refractivity (Wildman–Crippen MR) is 184 cm³/mol. The number of rotatable bonds is 3. The molecule has 1 nitrogen and oxygen atoms in total. The zero-order valence-electron chi connectivity index (χ0n) is 26.9. The molecule has 4 rings (SSSR count). The van der Waals surface area contributed by atoms with Crippen LogP contribution >= 0.6 is 64.1 Å². The monoisotopic (exact) mass is 926 g/mol. The van der Waals surface area contributed by atoms with Crippen molar-refractivity contribution in [3.8, 4) is 0 Å². The van der Waals surface area contributed by atoms with Crippen LogP contribution in [0.15, 0.2) is 15.3 Å². The van der Waals surface area contributed by atoms with Crippen LogP contribution in [0.25, 0.3) is 0 Å². The van der Waals surface area contributed by atoms with Gasteiger partial charge in [-0.05, 0) is 40.6 Å². The van der Waals surface area contributed by atoms with Crippen molar-refractivity contribution in [3.63, 3.8) is 0 Å². The molecule has 3 aliphatic rings. The summed E-state index contributed by atoms with van der Waals surface area (Å²) >= 11 is -0.213. The number of benzene rings is 1. The molecule has 1 aromatic carbocycles. The molecule has 1 unspecified atom stereocenters. The van der Waals surface area contributed by atoms with Crippen LogP contribution in [-0.4, -0.2) is 20.4 Å². The van der Waals surface area contributed by atoms with Crippen LogP contribution in [0.4, 0.5) is 22.0 Å². The first-order chi connectivity index (χ1) is 18.8. The Labute approximate surface area is 283 Å². The molecule has 1 fully saturated rings. The molecular formula is C29H47Cl3F5I2NPS-. The second kappa shape index (κ2) is 16.6. The Balaban J connectivity index is 0.000000665. The normalized spacial score (nSPS) is 19.0. The number of halogens is 10. The van der Waals surface area contributed by atoms with Crippen LogP contribution in [0.5, 0.6) is 0 Å². The topological polar surface area (TPSA) is 12.4 Å². The molecule has 0 aliphatic heterocycles. The van der Waals surface area contributed by atoms with Crippen LogP contribution in [-0.2, 0) is 0 Å². The first kappa shape index (κ1) is 43.5. The van der Waals surface area contributed by atoms with E-state index >= 15 is 0 Å². The molecule has 0 N–H and O–H groups in total. The van der Waals surface area contributed by atoms with Crippen molar-refractivity contribution in [2.45, 2.75) is 124 Å². The van der Waals surface area contributed by atoms with E-state index in [0.717, 1.165) is 17.6 Å². The van der Waals surface area contributed by atoms with E-state index in [9.17, 15) is 22.0 Å². The maximum absolute atomic E-state index is 13.7. The zero-order chi connectivity index (χ0) is 33.8. The molecule has 0 spiro atoms. The molecule has 2 bridgehead atoms. The summed E-state index contributed by atoms with van der Waals surface area (Å²) in [6, 6.07) is 0. The Morgan fingerprint density at radius 1 is 0.762 bits per heavy atom. The van der Waals surface area contributed by atoms with Gasteiger partial charge in [0.15, 0.2) is 23.3 Å². The van der Waals surface area contributed by atoms with Gasteiger partial charge < -0.3 is 0 Å². The van der Waals surface area contributed by atoms with Crippen molar-refractivity contribution in [3.05, 3.63) is 45.8 Å². The van der Waals surface area contributed by atoms with Crippen molar-refractivity contribution in [2.75, 3.05) is 4.93 Å². The van der Waals surface area contributed by atoms with Crippen LogP contribution in [0, 0.1) is 35.0 Å². The maximum atomic E-state index is 13.7. The molecule has 2 atom stereocenters. The third-order valence-corrected chi connectivity index (χ3v) is 16.0.